The minimum Gasteiger partial charge on any atom is -0.481 e. The SMILES string of the molecule is N#CC1(CCC(=O)O)CCCN(C(=O)OCc2ccccc2)C1. The molecule has 0 spiro atoms. The molecule has 0 aliphatic carbocycles. The molecular formula is C17H20N2O4. The number of ether oxygens (including phenoxy) is 1. The summed E-state index contributed by atoms with van der Waals surface area (Å²) >= 11 is 0. The van der Waals surface area contributed by atoms with Gasteiger partial charge in [0.1, 0.15) is 6.61 Å². The highest BCUT2D eigenvalue weighted by Gasteiger charge is 2.38. The van der Waals surface area contributed by atoms with Crippen LogP contribution in [0.3, 0.4) is 0 Å². The highest BCUT2D eigenvalue weighted by molar-refractivity contribution is 5.68. The smallest absolute Gasteiger partial charge is 0.410 e. The average molecular weight is 316 g/mol. The second kappa shape index (κ2) is 7.63. The molecule has 1 aromatic rings. The van der Waals surface area contributed by atoms with Crippen LogP contribution in [-0.4, -0.2) is 35.2 Å². The minimum absolute atomic E-state index is 0.0690. The first-order valence-corrected chi connectivity index (χ1v) is 7.63. The van der Waals surface area contributed by atoms with Crippen LogP contribution in [0.5, 0.6) is 0 Å². The fraction of sp³-hybridized carbons (Fsp3) is 0.471. The summed E-state index contributed by atoms with van der Waals surface area (Å²) in [5.41, 5.74) is 0.109. The van der Waals surface area contributed by atoms with Crippen LogP contribution in [0.2, 0.25) is 0 Å². The molecule has 6 nitrogen and oxygen atoms in total. The van der Waals surface area contributed by atoms with Gasteiger partial charge >= 0.3 is 12.1 Å². The van der Waals surface area contributed by atoms with Gasteiger partial charge in [0.2, 0.25) is 0 Å². The number of amides is 1. The van der Waals surface area contributed by atoms with Crippen LogP contribution < -0.4 is 0 Å². The van der Waals surface area contributed by atoms with Crippen LogP contribution in [0.25, 0.3) is 0 Å². The van der Waals surface area contributed by atoms with Crippen LogP contribution in [0.15, 0.2) is 30.3 Å². The Morgan fingerprint density at radius 2 is 2.09 bits per heavy atom. The fourth-order valence-electron chi connectivity index (χ4n) is 2.80. The van der Waals surface area contributed by atoms with E-state index >= 15 is 0 Å². The zero-order valence-corrected chi connectivity index (χ0v) is 12.9. The van der Waals surface area contributed by atoms with Gasteiger partial charge < -0.3 is 14.7 Å². The third-order valence-electron chi connectivity index (χ3n) is 4.09. The summed E-state index contributed by atoms with van der Waals surface area (Å²) in [5.74, 6) is -0.927. The number of carboxylic acids is 1. The Bertz CT molecular complexity index is 596. The van der Waals surface area contributed by atoms with Gasteiger partial charge in [-0.2, -0.15) is 5.26 Å². The number of aliphatic carboxylic acids is 1. The van der Waals surface area contributed by atoms with Crippen LogP contribution in [0.4, 0.5) is 4.79 Å². The van der Waals surface area contributed by atoms with Crippen LogP contribution in [-0.2, 0) is 16.1 Å². The van der Waals surface area contributed by atoms with E-state index in [1.807, 2.05) is 30.3 Å². The quantitative estimate of drug-likeness (QED) is 0.902. The van der Waals surface area contributed by atoms with Crippen molar-refractivity contribution in [3.63, 3.8) is 0 Å². The van der Waals surface area contributed by atoms with Crippen molar-refractivity contribution in [2.45, 2.75) is 32.3 Å². The first-order chi connectivity index (χ1) is 11.0. The van der Waals surface area contributed by atoms with Crippen molar-refractivity contribution in [3.05, 3.63) is 35.9 Å². The molecule has 6 heteroatoms. The third kappa shape index (κ3) is 4.71. The lowest BCUT2D eigenvalue weighted by Gasteiger charge is -2.37. The summed E-state index contributed by atoms with van der Waals surface area (Å²) in [4.78, 5) is 24.5. The van der Waals surface area contributed by atoms with E-state index in [1.165, 1.54) is 4.90 Å². The van der Waals surface area contributed by atoms with Crippen molar-refractivity contribution >= 4 is 12.1 Å². The first kappa shape index (κ1) is 16.8. The van der Waals surface area contributed by atoms with Gasteiger partial charge in [0, 0.05) is 19.5 Å². The Morgan fingerprint density at radius 1 is 1.35 bits per heavy atom. The molecule has 0 radical (unpaired) electrons. The molecule has 1 N–H and O–H groups in total. The van der Waals surface area contributed by atoms with E-state index in [1.54, 1.807) is 0 Å². The van der Waals surface area contributed by atoms with E-state index in [-0.39, 0.29) is 26.0 Å². The number of nitriles is 1. The number of carbonyl (C=O) groups is 2. The van der Waals surface area contributed by atoms with Crippen molar-refractivity contribution < 1.29 is 19.4 Å². The van der Waals surface area contributed by atoms with Gasteiger partial charge in [-0.05, 0) is 24.8 Å². The molecule has 1 amide bonds. The maximum absolute atomic E-state index is 12.2. The Hall–Kier alpha value is -2.55. The molecule has 1 aromatic carbocycles. The Labute approximate surface area is 135 Å². The summed E-state index contributed by atoms with van der Waals surface area (Å²) in [5, 5.41) is 18.3. The Morgan fingerprint density at radius 3 is 2.74 bits per heavy atom. The molecular weight excluding hydrogens is 296 g/mol. The second-order valence-electron chi connectivity index (χ2n) is 5.85. The number of piperidine rings is 1. The minimum atomic E-state index is -0.927. The number of carboxylic acid groups (broad SMARTS) is 1. The Kier molecular flexibility index (Phi) is 5.58. The average Bonchev–Trinajstić information content (AvgIpc) is 2.59. The lowest BCUT2D eigenvalue weighted by Crippen LogP contribution is -2.46. The monoisotopic (exact) mass is 316 g/mol. The molecule has 1 unspecified atom stereocenters. The molecule has 0 saturated carbocycles. The molecule has 1 fully saturated rings. The number of carbonyl (C=O) groups excluding carboxylic acids is 1. The van der Waals surface area contributed by atoms with E-state index in [4.69, 9.17) is 9.84 Å². The summed E-state index contributed by atoms with van der Waals surface area (Å²) in [7, 11) is 0. The highest BCUT2D eigenvalue weighted by Crippen LogP contribution is 2.34. The Balaban J connectivity index is 1.92. The van der Waals surface area contributed by atoms with Gasteiger partial charge in [-0.1, -0.05) is 30.3 Å². The fourth-order valence-corrected chi connectivity index (χ4v) is 2.80. The number of hydrogen-bond donors (Lipinski definition) is 1. The van der Waals surface area contributed by atoms with Crippen LogP contribution in [0.1, 0.15) is 31.2 Å². The van der Waals surface area contributed by atoms with E-state index in [0.717, 1.165) is 5.56 Å². The van der Waals surface area contributed by atoms with Crippen molar-refractivity contribution in [3.8, 4) is 6.07 Å². The van der Waals surface area contributed by atoms with Crippen LogP contribution >= 0.6 is 0 Å². The van der Waals surface area contributed by atoms with Crippen molar-refractivity contribution in [1.82, 2.24) is 4.90 Å². The lowest BCUT2D eigenvalue weighted by atomic mass is 9.77. The van der Waals surface area contributed by atoms with Crippen molar-refractivity contribution in [1.29, 1.82) is 5.26 Å². The van der Waals surface area contributed by atoms with Gasteiger partial charge in [-0.25, -0.2) is 4.79 Å². The van der Waals surface area contributed by atoms with E-state index < -0.39 is 17.5 Å². The number of hydrogen-bond acceptors (Lipinski definition) is 4. The molecule has 1 aliphatic heterocycles. The van der Waals surface area contributed by atoms with E-state index in [2.05, 4.69) is 6.07 Å². The molecule has 0 bridgehead atoms. The largest absolute Gasteiger partial charge is 0.481 e. The lowest BCUT2D eigenvalue weighted by molar-refractivity contribution is -0.137. The van der Waals surface area contributed by atoms with E-state index in [9.17, 15) is 14.9 Å². The van der Waals surface area contributed by atoms with Gasteiger partial charge in [-0.15, -0.1) is 0 Å². The van der Waals surface area contributed by atoms with Gasteiger partial charge in [0.15, 0.2) is 0 Å². The molecule has 2 rings (SSSR count). The highest BCUT2D eigenvalue weighted by atomic mass is 16.6. The summed E-state index contributed by atoms with van der Waals surface area (Å²) in [6.07, 6.45) is 1.01. The van der Waals surface area contributed by atoms with Crippen LogP contribution in [0, 0.1) is 16.7 Å². The van der Waals surface area contributed by atoms with Gasteiger partial charge in [0.25, 0.3) is 0 Å². The standard InChI is InChI=1S/C17H20N2O4/c18-12-17(9-7-15(20)21)8-4-10-19(13-17)16(22)23-11-14-5-2-1-3-6-14/h1-3,5-6H,4,7-11,13H2,(H,20,21). The predicted molar refractivity (Wildman–Crippen MR) is 82.3 cm³/mol. The van der Waals surface area contributed by atoms with Gasteiger partial charge in [-0.3, -0.25) is 4.79 Å². The molecule has 0 aromatic heterocycles. The predicted octanol–water partition coefficient (Wildman–Crippen LogP) is 2.79. The van der Waals surface area contributed by atoms with Gasteiger partial charge in [0.05, 0.1) is 11.5 Å². The maximum atomic E-state index is 12.2. The molecule has 1 saturated heterocycles. The second-order valence-corrected chi connectivity index (χ2v) is 5.85. The summed E-state index contributed by atoms with van der Waals surface area (Å²) in [6.45, 7) is 0.944. The number of benzene rings is 1. The molecule has 23 heavy (non-hydrogen) atoms. The molecule has 1 heterocycles. The number of rotatable bonds is 5. The summed E-state index contributed by atoms with van der Waals surface area (Å²) in [6, 6.07) is 11.6. The molecule has 1 aliphatic rings. The zero-order valence-electron chi connectivity index (χ0n) is 12.9. The zero-order chi connectivity index (χ0) is 16.7. The number of likely N-dealkylation sites (tertiary alicyclic amines) is 1. The maximum Gasteiger partial charge on any atom is 0.410 e. The summed E-state index contributed by atoms with van der Waals surface area (Å²) < 4.78 is 5.29. The normalized spacial score (nSPS) is 20.6. The van der Waals surface area contributed by atoms with Crippen molar-refractivity contribution in [2.75, 3.05) is 13.1 Å². The first-order valence-electron chi connectivity index (χ1n) is 7.63. The molecule has 122 valence electrons. The third-order valence-corrected chi connectivity index (χ3v) is 4.09. The topological polar surface area (TPSA) is 90.6 Å². The van der Waals surface area contributed by atoms with Crippen molar-refractivity contribution in [2.24, 2.45) is 5.41 Å². The molecule has 1 atom stereocenters. The number of nitrogens with zero attached hydrogens (tertiary/aromatic N) is 2. The van der Waals surface area contributed by atoms with E-state index in [0.29, 0.717) is 19.4 Å².